The van der Waals surface area contributed by atoms with Crippen LogP contribution in [0.5, 0.6) is 0 Å². The Morgan fingerprint density at radius 1 is 1.15 bits per heavy atom. The number of rotatable bonds is 3. The monoisotopic (exact) mass is 353 g/mol. The van der Waals surface area contributed by atoms with Gasteiger partial charge in [-0.05, 0) is 42.5 Å². The normalized spacial score (nSPS) is 18.4. The van der Waals surface area contributed by atoms with Crippen molar-refractivity contribution in [3.63, 3.8) is 0 Å². The fourth-order valence-electron chi connectivity index (χ4n) is 4.03. The van der Waals surface area contributed by atoms with Crippen LogP contribution in [0.15, 0.2) is 42.5 Å². The highest BCUT2D eigenvalue weighted by Crippen LogP contribution is 2.32. The van der Waals surface area contributed by atoms with Crippen molar-refractivity contribution in [2.75, 3.05) is 13.6 Å². The molecule has 0 bridgehead atoms. The number of hydrogen-bond donors (Lipinski definition) is 1. The van der Waals surface area contributed by atoms with Gasteiger partial charge in [-0.1, -0.05) is 42.5 Å². The molecule has 1 fully saturated rings. The van der Waals surface area contributed by atoms with Crippen LogP contribution in [0.1, 0.15) is 44.7 Å². The van der Waals surface area contributed by atoms with Gasteiger partial charge in [-0.25, -0.2) is 4.79 Å². The van der Waals surface area contributed by atoms with Crippen LogP contribution in [0.25, 0.3) is 10.8 Å². The second-order valence-electron chi connectivity index (χ2n) is 6.90. The van der Waals surface area contributed by atoms with E-state index in [4.69, 9.17) is 0 Å². The SMILES string of the molecule is CNC(=O)N(C(C)c1cccc2ccccc12)C1CCCCN1C(C)=O. The third kappa shape index (κ3) is 3.39. The van der Waals surface area contributed by atoms with Crippen molar-refractivity contribution in [1.29, 1.82) is 0 Å². The highest BCUT2D eigenvalue weighted by atomic mass is 16.2. The van der Waals surface area contributed by atoms with Gasteiger partial charge in [0, 0.05) is 20.5 Å². The number of nitrogens with one attached hydrogen (secondary N) is 1. The number of urea groups is 1. The number of piperidine rings is 1. The molecule has 3 rings (SSSR count). The van der Waals surface area contributed by atoms with Crippen LogP contribution in [-0.4, -0.2) is 41.5 Å². The van der Waals surface area contributed by atoms with Crippen LogP contribution in [0.4, 0.5) is 4.79 Å². The molecule has 0 aromatic heterocycles. The number of amides is 3. The highest BCUT2D eigenvalue weighted by molar-refractivity contribution is 5.87. The number of hydrogen-bond acceptors (Lipinski definition) is 2. The molecule has 3 amide bonds. The summed E-state index contributed by atoms with van der Waals surface area (Å²) in [5.41, 5.74) is 1.10. The Balaban J connectivity index is 2.04. The van der Waals surface area contributed by atoms with Crippen molar-refractivity contribution in [3.8, 4) is 0 Å². The average Bonchev–Trinajstić information content (AvgIpc) is 2.67. The van der Waals surface area contributed by atoms with Crippen LogP contribution in [-0.2, 0) is 4.79 Å². The highest BCUT2D eigenvalue weighted by Gasteiger charge is 2.36. The van der Waals surface area contributed by atoms with Crippen molar-refractivity contribution in [3.05, 3.63) is 48.0 Å². The van der Waals surface area contributed by atoms with Gasteiger partial charge in [0.2, 0.25) is 5.91 Å². The van der Waals surface area contributed by atoms with Gasteiger partial charge in [0.05, 0.1) is 6.04 Å². The van der Waals surface area contributed by atoms with E-state index in [9.17, 15) is 9.59 Å². The van der Waals surface area contributed by atoms with Gasteiger partial charge in [-0.3, -0.25) is 9.69 Å². The first kappa shape index (κ1) is 18.2. The van der Waals surface area contributed by atoms with E-state index in [1.165, 1.54) is 0 Å². The number of fused-ring (bicyclic) bond motifs is 1. The summed E-state index contributed by atoms with van der Waals surface area (Å²) in [4.78, 5) is 28.6. The zero-order valence-electron chi connectivity index (χ0n) is 15.7. The Bertz CT molecular complexity index is 799. The number of carbonyl (C=O) groups excluding carboxylic acids is 2. The molecule has 1 heterocycles. The van der Waals surface area contributed by atoms with E-state index in [1.807, 2.05) is 34.9 Å². The minimum Gasteiger partial charge on any atom is -0.341 e. The van der Waals surface area contributed by atoms with Gasteiger partial charge in [0.25, 0.3) is 0 Å². The molecule has 26 heavy (non-hydrogen) atoms. The smallest absolute Gasteiger partial charge is 0.319 e. The lowest BCUT2D eigenvalue weighted by molar-refractivity contribution is -0.136. The first-order valence-electron chi connectivity index (χ1n) is 9.29. The summed E-state index contributed by atoms with van der Waals surface area (Å²) in [6.45, 7) is 4.34. The van der Waals surface area contributed by atoms with Crippen LogP contribution in [0.3, 0.4) is 0 Å². The summed E-state index contributed by atoms with van der Waals surface area (Å²) in [6.07, 6.45) is 2.60. The maximum atomic E-state index is 12.8. The lowest BCUT2D eigenvalue weighted by Gasteiger charge is -2.44. The number of likely N-dealkylation sites (tertiary alicyclic amines) is 1. The molecule has 1 N–H and O–H groups in total. The van der Waals surface area contributed by atoms with Crippen molar-refractivity contribution < 1.29 is 9.59 Å². The molecule has 1 aliphatic rings. The molecule has 0 radical (unpaired) electrons. The molecule has 5 nitrogen and oxygen atoms in total. The summed E-state index contributed by atoms with van der Waals surface area (Å²) in [5.74, 6) is 0.0220. The Kier molecular flexibility index (Phi) is 5.45. The largest absolute Gasteiger partial charge is 0.341 e. The second-order valence-corrected chi connectivity index (χ2v) is 6.90. The lowest BCUT2D eigenvalue weighted by atomic mass is 9.97. The van der Waals surface area contributed by atoms with E-state index in [0.717, 1.165) is 35.6 Å². The van der Waals surface area contributed by atoms with Gasteiger partial charge in [-0.15, -0.1) is 0 Å². The molecule has 0 aliphatic carbocycles. The predicted molar refractivity (Wildman–Crippen MR) is 104 cm³/mol. The summed E-state index contributed by atoms with van der Waals surface area (Å²) >= 11 is 0. The second kappa shape index (κ2) is 7.77. The van der Waals surface area contributed by atoms with Gasteiger partial charge in [0.1, 0.15) is 6.17 Å². The van der Waals surface area contributed by atoms with E-state index in [1.54, 1.807) is 14.0 Å². The van der Waals surface area contributed by atoms with E-state index >= 15 is 0 Å². The number of carbonyl (C=O) groups is 2. The maximum absolute atomic E-state index is 12.8. The zero-order valence-corrected chi connectivity index (χ0v) is 15.7. The summed E-state index contributed by atoms with van der Waals surface area (Å²) in [7, 11) is 1.64. The first-order chi connectivity index (χ1) is 12.5. The molecule has 2 atom stereocenters. The Morgan fingerprint density at radius 2 is 1.88 bits per heavy atom. The molecule has 0 saturated carbocycles. The number of benzene rings is 2. The summed E-state index contributed by atoms with van der Waals surface area (Å²) in [6, 6.07) is 14.1. The van der Waals surface area contributed by atoms with Crippen LogP contribution in [0, 0.1) is 0 Å². The quantitative estimate of drug-likeness (QED) is 0.910. The lowest BCUT2D eigenvalue weighted by Crippen LogP contribution is -2.57. The Morgan fingerprint density at radius 3 is 2.62 bits per heavy atom. The van der Waals surface area contributed by atoms with Crippen LogP contribution < -0.4 is 5.32 Å². The Hall–Kier alpha value is -2.56. The molecule has 1 saturated heterocycles. The molecule has 2 aromatic rings. The molecule has 5 heteroatoms. The predicted octanol–water partition coefficient (Wildman–Crippen LogP) is 3.90. The molecule has 0 spiro atoms. The molecular weight excluding hydrogens is 326 g/mol. The van der Waals surface area contributed by atoms with Gasteiger partial charge in [-0.2, -0.15) is 0 Å². The maximum Gasteiger partial charge on any atom is 0.319 e. The zero-order chi connectivity index (χ0) is 18.7. The Labute approximate surface area is 155 Å². The minimum atomic E-state index is -0.213. The topological polar surface area (TPSA) is 52.7 Å². The average molecular weight is 353 g/mol. The van der Waals surface area contributed by atoms with Gasteiger partial charge >= 0.3 is 6.03 Å². The fourth-order valence-corrected chi connectivity index (χ4v) is 4.03. The molecule has 2 unspecified atom stereocenters. The van der Waals surface area contributed by atoms with E-state index in [-0.39, 0.29) is 24.1 Å². The van der Waals surface area contributed by atoms with E-state index in [0.29, 0.717) is 6.54 Å². The van der Waals surface area contributed by atoms with Gasteiger partial charge < -0.3 is 10.2 Å². The third-order valence-electron chi connectivity index (χ3n) is 5.34. The standard InChI is InChI=1S/C21H27N3O2/c1-15(18-12-8-10-17-9-4-5-11-19(17)18)24(21(26)22-3)20-13-6-7-14-23(20)16(2)25/h4-5,8-12,15,20H,6-7,13-14H2,1-3H3,(H,22,26). The minimum absolute atomic E-state index is 0.0220. The van der Waals surface area contributed by atoms with Crippen LogP contribution in [0.2, 0.25) is 0 Å². The van der Waals surface area contributed by atoms with E-state index in [2.05, 4.69) is 29.6 Å². The molecular formula is C21H27N3O2. The molecule has 1 aliphatic heterocycles. The van der Waals surface area contributed by atoms with Crippen molar-refractivity contribution >= 4 is 22.7 Å². The summed E-state index contributed by atoms with van der Waals surface area (Å²) in [5, 5.41) is 5.06. The van der Waals surface area contributed by atoms with Crippen LogP contribution >= 0.6 is 0 Å². The fraction of sp³-hybridized carbons (Fsp3) is 0.429. The first-order valence-corrected chi connectivity index (χ1v) is 9.29. The molecule has 2 aromatic carbocycles. The molecule has 138 valence electrons. The van der Waals surface area contributed by atoms with Crippen molar-refractivity contribution in [2.24, 2.45) is 0 Å². The van der Waals surface area contributed by atoms with Crippen molar-refractivity contribution in [2.45, 2.75) is 45.3 Å². The number of nitrogens with zero attached hydrogens (tertiary/aromatic N) is 2. The summed E-state index contributed by atoms with van der Waals surface area (Å²) < 4.78 is 0. The van der Waals surface area contributed by atoms with E-state index < -0.39 is 0 Å². The third-order valence-corrected chi connectivity index (χ3v) is 5.34. The van der Waals surface area contributed by atoms with Crippen molar-refractivity contribution in [1.82, 2.24) is 15.1 Å². The van der Waals surface area contributed by atoms with Gasteiger partial charge in [0.15, 0.2) is 0 Å².